The molecule has 0 aliphatic carbocycles. The number of imidazole rings is 3. The summed E-state index contributed by atoms with van der Waals surface area (Å²) in [5.74, 6) is 0. The maximum absolute atomic E-state index is 4.96. The second-order valence-electron chi connectivity index (χ2n) is 19.5. The Bertz CT molecular complexity index is 5250. The molecule has 0 radical (unpaired) electrons. The molecule has 0 spiro atoms. The molecule has 0 atom stereocenters. The normalized spacial score (nSPS) is 12.0. The topological polar surface area (TPSA) is 51.9 Å². The Labute approximate surface area is 428 Å². The molecule has 6 heteroatoms. The Morgan fingerprint density at radius 3 is 1.20 bits per heavy atom. The molecular formula is C69H42N6. The lowest BCUT2D eigenvalue weighted by molar-refractivity contribution is 1.32. The van der Waals surface area contributed by atoms with Crippen LogP contribution in [0.15, 0.2) is 255 Å². The Morgan fingerprint density at radius 1 is 0.213 bits per heavy atom. The zero-order chi connectivity index (χ0) is 49.1. The molecule has 0 unspecified atom stereocenters. The lowest BCUT2D eigenvalue weighted by atomic mass is 9.99. The zero-order valence-corrected chi connectivity index (χ0v) is 40.4. The van der Waals surface area contributed by atoms with Crippen LogP contribution in [0.4, 0.5) is 0 Å². The lowest BCUT2D eigenvalue weighted by Gasteiger charge is -2.11. The first kappa shape index (κ1) is 41.4. The standard InChI is InChI=1S/3C23H14N2/c1-2-8-16-14-22-19(13-15(16)7-1)17-9-3-4-10-18(17)23-24-20-11-5-6-12-21(20)25(22)23;1-2-8-16-15(7-1)13-14-18-17-9-3-4-10-19(17)23-24-20-11-5-6-12-21(20)25(23)22(16)18;1-2-8-16-15(7-1)13-14-21-22(16)17-9-3-4-10-18(17)23-24-19-11-5-6-12-20(19)25(21)23/h3*1-14H. The number of para-hydroxylation sites is 6. The molecule has 75 heavy (non-hydrogen) atoms. The van der Waals surface area contributed by atoms with Crippen LogP contribution < -0.4 is 0 Å². The van der Waals surface area contributed by atoms with Gasteiger partial charge in [0.05, 0.1) is 49.7 Å². The first-order valence-corrected chi connectivity index (χ1v) is 25.5. The summed E-state index contributed by atoms with van der Waals surface area (Å²) in [6.45, 7) is 0. The quantitative estimate of drug-likeness (QED) is 0.112. The van der Waals surface area contributed by atoms with Gasteiger partial charge in [0.25, 0.3) is 0 Å². The van der Waals surface area contributed by atoms with Gasteiger partial charge in [-0.3, -0.25) is 13.2 Å². The van der Waals surface area contributed by atoms with Crippen LogP contribution >= 0.6 is 0 Å². The van der Waals surface area contributed by atoms with Crippen molar-refractivity contribution in [3.05, 3.63) is 255 Å². The highest BCUT2D eigenvalue weighted by atomic mass is 15.0. The van der Waals surface area contributed by atoms with E-state index in [1.165, 1.54) is 97.3 Å². The highest BCUT2D eigenvalue weighted by Gasteiger charge is 2.18. The van der Waals surface area contributed by atoms with Gasteiger partial charge in [-0.25, -0.2) is 15.0 Å². The van der Waals surface area contributed by atoms with E-state index < -0.39 is 0 Å². The maximum atomic E-state index is 4.96. The second kappa shape index (κ2) is 16.2. The molecule has 6 aromatic heterocycles. The molecule has 12 aromatic carbocycles. The molecule has 18 rings (SSSR count). The van der Waals surface area contributed by atoms with Crippen molar-refractivity contribution in [2.24, 2.45) is 0 Å². The van der Waals surface area contributed by atoms with E-state index in [2.05, 4.69) is 268 Å². The smallest absolute Gasteiger partial charge is 0.146 e. The van der Waals surface area contributed by atoms with E-state index in [4.69, 9.17) is 15.0 Å². The fraction of sp³-hybridized carbons (Fsp3) is 0. The van der Waals surface area contributed by atoms with E-state index in [1.54, 1.807) is 0 Å². The van der Waals surface area contributed by atoms with Gasteiger partial charge < -0.3 is 0 Å². The van der Waals surface area contributed by atoms with E-state index in [0.717, 1.165) is 50.0 Å². The van der Waals surface area contributed by atoms with Gasteiger partial charge in [-0.2, -0.15) is 0 Å². The van der Waals surface area contributed by atoms with Crippen LogP contribution in [0.2, 0.25) is 0 Å². The van der Waals surface area contributed by atoms with Crippen LogP contribution in [-0.4, -0.2) is 28.2 Å². The number of benzene rings is 12. The van der Waals surface area contributed by atoms with Crippen molar-refractivity contribution in [2.45, 2.75) is 0 Å². The maximum Gasteiger partial charge on any atom is 0.146 e. The van der Waals surface area contributed by atoms with Crippen LogP contribution in [0.1, 0.15) is 0 Å². The van der Waals surface area contributed by atoms with Crippen molar-refractivity contribution >= 4 is 147 Å². The van der Waals surface area contributed by atoms with E-state index in [1.807, 2.05) is 0 Å². The van der Waals surface area contributed by atoms with Crippen molar-refractivity contribution in [3.8, 4) is 0 Å². The summed E-state index contributed by atoms with van der Waals surface area (Å²) < 4.78 is 6.94. The molecule has 18 aromatic rings. The summed E-state index contributed by atoms with van der Waals surface area (Å²) >= 11 is 0. The van der Waals surface area contributed by atoms with Gasteiger partial charge in [-0.1, -0.05) is 200 Å². The molecule has 6 heterocycles. The van der Waals surface area contributed by atoms with Gasteiger partial charge in [-0.15, -0.1) is 0 Å². The minimum Gasteiger partial charge on any atom is -0.292 e. The molecular weight excluding hydrogens is 913 g/mol. The first-order chi connectivity index (χ1) is 37.2. The first-order valence-electron chi connectivity index (χ1n) is 25.5. The molecule has 0 bridgehead atoms. The molecule has 0 saturated carbocycles. The van der Waals surface area contributed by atoms with Crippen LogP contribution in [0.25, 0.3) is 147 Å². The van der Waals surface area contributed by atoms with Crippen molar-refractivity contribution < 1.29 is 0 Å². The number of aromatic nitrogens is 6. The molecule has 6 nitrogen and oxygen atoms in total. The number of pyridine rings is 3. The Hall–Kier alpha value is -10.2. The van der Waals surface area contributed by atoms with Gasteiger partial charge in [0.1, 0.15) is 16.9 Å². The monoisotopic (exact) mass is 954 g/mol. The van der Waals surface area contributed by atoms with Crippen LogP contribution in [0, 0.1) is 0 Å². The predicted molar refractivity (Wildman–Crippen MR) is 316 cm³/mol. The van der Waals surface area contributed by atoms with Gasteiger partial charge in [-0.05, 0) is 97.7 Å². The fourth-order valence-corrected chi connectivity index (χ4v) is 12.1. The average Bonchev–Trinajstić information content (AvgIpc) is 4.21. The number of fused-ring (bicyclic) bond motifs is 29. The molecule has 0 amide bonds. The zero-order valence-electron chi connectivity index (χ0n) is 40.4. The van der Waals surface area contributed by atoms with Crippen LogP contribution in [0.3, 0.4) is 0 Å². The van der Waals surface area contributed by atoms with E-state index in [9.17, 15) is 0 Å². The minimum absolute atomic E-state index is 1.03. The minimum atomic E-state index is 1.03. The van der Waals surface area contributed by atoms with Crippen molar-refractivity contribution in [2.75, 3.05) is 0 Å². The van der Waals surface area contributed by atoms with Crippen LogP contribution in [0.5, 0.6) is 0 Å². The van der Waals surface area contributed by atoms with Crippen molar-refractivity contribution in [1.82, 2.24) is 28.2 Å². The fourth-order valence-electron chi connectivity index (χ4n) is 12.1. The third kappa shape index (κ3) is 6.17. The van der Waals surface area contributed by atoms with E-state index in [0.29, 0.717) is 0 Å². The number of hydrogen-bond acceptors (Lipinski definition) is 3. The van der Waals surface area contributed by atoms with Gasteiger partial charge in [0.15, 0.2) is 0 Å². The largest absolute Gasteiger partial charge is 0.292 e. The number of rotatable bonds is 0. The summed E-state index contributed by atoms with van der Waals surface area (Å²) in [4.78, 5) is 14.8. The predicted octanol–water partition coefficient (Wildman–Crippen LogP) is 17.8. The van der Waals surface area contributed by atoms with Crippen LogP contribution in [-0.2, 0) is 0 Å². The SMILES string of the molecule is c1ccc2c(c1)ccc1c2c2ccccc2c2nc3ccccc3n12.c1ccc2c(c1)ccc1c3ccccc3c3nc4ccccc4n3c21.c1ccc2cc3c(cc2c1)c1ccccc1c1nc2ccccc2n31. The molecule has 0 aliphatic rings. The summed E-state index contributed by atoms with van der Waals surface area (Å²) in [6.07, 6.45) is 0. The third-order valence-electron chi connectivity index (χ3n) is 15.4. The molecule has 0 fully saturated rings. The molecule has 0 N–H and O–H groups in total. The van der Waals surface area contributed by atoms with E-state index >= 15 is 0 Å². The van der Waals surface area contributed by atoms with Crippen molar-refractivity contribution in [1.29, 1.82) is 0 Å². The summed E-state index contributed by atoms with van der Waals surface area (Å²) in [5, 5.41) is 18.8. The average molecular weight is 955 g/mol. The summed E-state index contributed by atoms with van der Waals surface area (Å²) in [6, 6.07) is 90.1. The highest BCUT2D eigenvalue weighted by molar-refractivity contribution is 6.24. The number of nitrogens with zero attached hydrogens (tertiary/aromatic N) is 6. The van der Waals surface area contributed by atoms with E-state index in [-0.39, 0.29) is 0 Å². The third-order valence-corrected chi connectivity index (χ3v) is 15.4. The van der Waals surface area contributed by atoms with Crippen molar-refractivity contribution in [3.63, 3.8) is 0 Å². The van der Waals surface area contributed by atoms with Gasteiger partial charge in [0, 0.05) is 37.7 Å². The summed E-state index contributed by atoms with van der Waals surface area (Å²) in [5.41, 5.74) is 13.3. The van der Waals surface area contributed by atoms with Gasteiger partial charge >= 0.3 is 0 Å². The Morgan fingerprint density at radius 2 is 0.600 bits per heavy atom. The molecule has 0 saturated heterocycles. The molecule has 0 aliphatic heterocycles. The second-order valence-corrected chi connectivity index (χ2v) is 19.5. The van der Waals surface area contributed by atoms with Gasteiger partial charge in [0.2, 0.25) is 0 Å². The summed E-state index contributed by atoms with van der Waals surface area (Å²) in [7, 11) is 0. The Kier molecular flexibility index (Phi) is 8.94. The molecule has 348 valence electrons. The highest BCUT2D eigenvalue weighted by Crippen LogP contribution is 2.39. The number of hydrogen-bond donors (Lipinski definition) is 0. The Balaban J connectivity index is 0.0000000953. The lowest BCUT2D eigenvalue weighted by Crippen LogP contribution is -1.92.